The fraction of sp³-hybridized carbons (Fsp3) is 0.350. The number of anilines is 1. The van der Waals surface area contributed by atoms with E-state index in [1.807, 2.05) is 18.2 Å². The molecule has 2 aromatic carbocycles. The largest absolute Gasteiger partial charge is 0.326 e. The average Bonchev–Trinajstić information content (AvgIpc) is 2.61. The Balaban J connectivity index is 1.38. The van der Waals surface area contributed by atoms with Crippen molar-refractivity contribution in [2.75, 3.05) is 38.0 Å². The van der Waals surface area contributed by atoms with Crippen LogP contribution in [0.2, 0.25) is 5.02 Å². The van der Waals surface area contributed by atoms with Crippen molar-refractivity contribution < 1.29 is 9.18 Å². The van der Waals surface area contributed by atoms with Crippen LogP contribution in [0.25, 0.3) is 0 Å². The van der Waals surface area contributed by atoms with Crippen molar-refractivity contribution in [3.05, 3.63) is 64.9 Å². The maximum atomic E-state index is 13.1. The second-order valence-corrected chi connectivity index (χ2v) is 6.99. The van der Waals surface area contributed by atoms with Crippen molar-refractivity contribution in [2.24, 2.45) is 0 Å². The molecule has 1 aliphatic rings. The van der Waals surface area contributed by atoms with E-state index >= 15 is 0 Å². The molecule has 1 aliphatic heterocycles. The summed E-state index contributed by atoms with van der Waals surface area (Å²) in [7, 11) is 0. The second-order valence-electron chi connectivity index (χ2n) is 6.56. The zero-order valence-electron chi connectivity index (χ0n) is 14.6. The molecule has 0 unspecified atom stereocenters. The summed E-state index contributed by atoms with van der Waals surface area (Å²) in [6.07, 6.45) is 0.408. The Labute approximate surface area is 158 Å². The minimum Gasteiger partial charge on any atom is -0.326 e. The van der Waals surface area contributed by atoms with Crippen LogP contribution in [0.1, 0.15) is 12.0 Å². The minimum atomic E-state index is -0.348. The van der Waals surface area contributed by atoms with Crippen LogP contribution in [0.3, 0.4) is 0 Å². The van der Waals surface area contributed by atoms with Crippen molar-refractivity contribution in [2.45, 2.75) is 13.0 Å². The predicted molar refractivity (Wildman–Crippen MR) is 103 cm³/mol. The van der Waals surface area contributed by atoms with E-state index in [-0.39, 0.29) is 11.7 Å². The highest BCUT2D eigenvalue weighted by Crippen LogP contribution is 2.14. The summed E-state index contributed by atoms with van der Waals surface area (Å²) in [5, 5.41) is 3.51. The number of halogens is 2. The number of nitrogens with one attached hydrogen (secondary N) is 1. The highest BCUT2D eigenvalue weighted by Gasteiger charge is 2.17. The van der Waals surface area contributed by atoms with Gasteiger partial charge in [0.1, 0.15) is 5.82 Å². The van der Waals surface area contributed by atoms with Crippen LogP contribution in [0.4, 0.5) is 10.1 Å². The Bertz CT molecular complexity index is 747. The van der Waals surface area contributed by atoms with Crippen LogP contribution >= 0.6 is 11.6 Å². The van der Waals surface area contributed by atoms with Gasteiger partial charge in [0.2, 0.25) is 5.91 Å². The molecule has 3 rings (SSSR count). The Morgan fingerprint density at radius 3 is 2.50 bits per heavy atom. The molecule has 1 heterocycles. The third-order valence-corrected chi connectivity index (χ3v) is 4.76. The molecule has 0 atom stereocenters. The van der Waals surface area contributed by atoms with Gasteiger partial charge in [0, 0.05) is 56.4 Å². The maximum Gasteiger partial charge on any atom is 0.225 e. The minimum absolute atomic E-state index is 0.0862. The third-order valence-electron chi connectivity index (χ3n) is 4.52. The zero-order valence-corrected chi connectivity index (χ0v) is 15.4. The summed E-state index contributed by atoms with van der Waals surface area (Å²) in [4.78, 5) is 16.7. The van der Waals surface area contributed by atoms with E-state index in [9.17, 15) is 9.18 Å². The fourth-order valence-corrected chi connectivity index (χ4v) is 3.33. The Morgan fingerprint density at radius 1 is 1.04 bits per heavy atom. The first-order valence-electron chi connectivity index (χ1n) is 8.83. The first-order valence-corrected chi connectivity index (χ1v) is 9.21. The van der Waals surface area contributed by atoms with E-state index in [1.165, 1.54) is 17.7 Å². The molecular formula is C20H23ClFN3O. The van der Waals surface area contributed by atoms with Gasteiger partial charge < -0.3 is 10.2 Å². The lowest BCUT2D eigenvalue weighted by Gasteiger charge is -2.34. The van der Waals surface area contributed by atoms with Gasteiger partial charge in [-0.2, -0.15) is 0 Å². The van der Waals surface area contributed by atoms with E-state index in [1.54, 1.807) is 12.1 Å². The SMILES string of the molecule is O=C(CCN1CCN(Cc2cccc(Cl)c2)CC1)Nc1cccc(F)c1. The van der Waals surface area contributed by atoms with Gasteiger partial charge in [-0.05, 0) is 35.9 Å². The molecule has 0 aromatic heterocycles. The molecule has 0 bridgehead atoms. The Morgan fingerprint density at radius 2 is 1.77 bits per heavy atom. The molecule has 0 radical (unpaired) electrons. The Kier molecular flexibility index (Phi) is 6.61. The summed E-state index contributed by atoms with van der Waals surface area (Å²) >= 11 is 6.04. The molecule has 1 N–H and O–H groups in total. The quantitative estimate of drug-likeness (QED) is 0.837. The molecule has 6 heteroatoms. The summed E-state index contributed by atoms with van der Waals surface area (Å²) in [5.74, 6) is -0.435. The van der Waals surface area contributed by atoms with Crippen LogP contribution in [0, 0.1) is 5.82 Å². The molecule has 0 aliphatic carbocycles. The molecule has 1 saturated heterocycles. The molecule has 1 fully saturated rings. The molecule has 1 amide bonds. The molecular weight excluding hydrogens is 353 g/mol. The predicted octanol–water partition coefficient (Wildman–Crippen LogP) is 3.63. The van der Waals surface area contributed by atoms with Crippen LogP contribution in [-0.2, 0) is 11.3 Å². The first-order chi connectivity index (χ1) is 12.6. The van der Waals surface area contributed by atoms with E-state index < -0.39 is 0 Å². The van der Waals surface area contributed by atoms with Gasteiger partial charge in [0.05, 0.1) is 0 Å². The third kappa shape index (κ3) is 5.80. The lowest BCUT2D eigenvalue weighted by Crippen LogP contribution is -2.46. The van der Waals surface area contributed by atoms with Crippen LogP contribution < -0.4 is 5.32 Å². The van der Waals surface area contributed by atoms with Crippen molar-refractivity contribution in [3.8, 4) is 0 Å². The average molecular weight is 376 g/mol. The monoisotopic (exact) mass is 375 g/mol. The normalized spacial score (nSPS) is 15.8. The number of amides is 1. The van der Waals surface area contributed by atoms with Gasteiger partial charge in [-0.15, -0.1) is 0 Å². The number of carbonyl (C=O) groups excluding carboxylic acids is 1. The summed E-state index contributed by atoms with van der Waals surface area (Å²) in [5.41, 5.74) is 1.72. The number of carbonyl (C=O) groups is 1. The second kappa shape index (κ2) is 9.12. The van der Waals surface area contributed by atoms with E-state index in [4.69, 9.17) is 11.6 Å². The van der Waals surface area contributed by atoms with Crippen LogP contribution in [-0.4, -0.2) is 48.4 Å². The highest BCUT2D eigenvalue weighted by molar-refractivity contribution is 6.30. The van der Waals surface area contributed by atoms with Crippen molar-refractivity contribution >= 4 is 23.2 Å². The van der Waals surface area contributed by atoms with Crippen molar-refractivity contribution in [3.63, 3.8) is 0 Å². The maximum absolute atomic E-state index is 13.1. The number of nitrogens with zero attached hydrogens (tertiary/aromatic N) is 2. The number of hydrogen-bond donors (Lipinski definition) is 1. The summed E-state index contributed by atoms with van der Waals surface area (Å²) in [6, 6.07) is 13.9. The standard InChI is InChI=1S/C20H23ClFN3O/c21-17-4-1-3-16(13-17)15-25-11-9-24(10-12-25)8-7-20(26)23-19-6-2-5-18(22)14-19/h1-6,13-14H,7-12,15H2,(H,23,26). The summed E-state index contributed by atoms with van der Waals surface area (Å²) < 4.78 is 13.1. The van der Waals surface area contributed by atoms with Gasteiger partial charge in [-0.3, -0.25) is 9.69 Å². The number of benzene rings is 2. The van der Waals surface area contributed by atoms with Crippen molar-refractivity contribution in [1.29, 1.82) is 0 Å². The molecule has 4 nitrogen and oxygen atoms in total. The van der Waals surface area contributed by atoms with Gasteiger partial charge in [0.25, 0.3) is 0 Å². The van der Waals surface area contributed by atoms with Gasteiger partial charge in [0.15, 0.2) is 0 Å². The number of hydrogen-bond acceptors (Lipinski definition) is 3. The number of piperazine rings is 1. The lowest BCUT2D eigenvalue weighted by atomic mass is 10.2. The van der Waals surface area contributed by atoms with E-state index in [0.717, 1.165) is 37.7 Å². The molecule has 0 spiro atoms. The zero-order chi connectivity index (χ0) is 18.4. The molecule has 138 valence electrons. The smallest absolute Gasteiger partial charge is 0.225 e. The number of rotatable bonds is 6. The van der Waals surface area contributed by atoms with Crippen LogP contribution in [0.5, 0.6) is 0 Å². The lowest BCUT2D eigenvalue weighted by molar-refractivity contribution is -0.116. The molecule has 26 heavy (non-hydrogen) atoms. The van der Waals surface area contributed by atoms with E-state index in [0.29, 0.717) is 18.7 Å². The van der Waals surface area contributed by atoms with E-state index in [2.05, 4.69) is 21.2 Å². The topological polar surface area (TPSA) is 35.6 Å². The van der Waals surface area contributed by atoms with Crippen molar-refractivity contribution in [1.82, 2.24) is 9.80 Å². The van der Waals surface area contributed by atoms with Gasteiger partial charge >= 0.3 is 0 Å². The molecule has 2 aromatic rings. The highest BCUT2D eigenvalue weighted by atomic mass is 35.5. The first kappa shape index (κ1) is 18.8. The molecule has 0 saturated carbocycles. The van der Waals surface area contributed by atoms with Crippen LogP contribution in [0.15, 0.2) is 48.5 Å². The summed E-state index contributed by atoms with van der Waals surface area (Å²) in [6.45, 7) is 5.43. The van der Waals surface area contributed by atoms with Gasteiger partial charge in [-0.1, -0.05) is 29.8 Å². The Hall–Kier alpha value is -1.95. The van der Waals surface area contributed by atoms with Gasteiger partial charge in [-0.25, -0.2) is 4.39 Å². The fourth-order valence-electron chi connectivity index (χ4n) is 3.11.